The summed E-state index contributed by atoms with van der Waals surface area (Å²) in [5, 5.41) is 14.8. The van der Waals surface area contributed by atoms with E-state index in [1.54, 1.807) is 0 Å². The number of benzene rings is 18. The summed E-state index contributed by atoms with van der Waals surface area (Å²) in [6.45, 7) is 0. The van der Waals surface area contributed by atoms with Crippen LogP contribution in [0.4, 0.5) is 0 Å². The van der Waals surface area contributed by atoms with E-state index in [0.717, 1.165) is 68.0 Å². The van der Waals surface area contributed by atoms with Gasteiger partial charge in [-0.1, -0.05) is 243 Å². The van der Waals surface area contributed by atoms with E-state index in [9.17, 15) is 0 Å². The molecular weight excluding hydrogens is 1560 g/mol. The van der Waals surface area contributed by atoms with Crippen molar-refractivity contribution < 1.29 is 13.3 Å². The number of nitrogens with zero attached hydrogens (tertiary/aromatic N) is 3. The summed E-state index contributed by atoms with van der Waals surface area (Å²) in [5.41, 5.74) is 40.4. The van der Waals surface area contributed by atoms with Crippen molar-refractivity contribution in [3.63, 3.8) is 0 Å². The second-order valence-electron chi connectivity index (χ2n) is 32.6. The van der Waals surface area contributed by atoms with E-state index < -0.39 is 0 Å². The highest BCUT2D eigenvalue weighted by molar-refractivity contribution is 7.98. The lowest BCUT2D eigenvalue weighted by atomic mass is 9.91. The van der Waals surface area contributed by atoms with Gasteiger partial charge in [-0.3, -0.25) is 0 Å². The van der Waals surface area contributed by atoms with Crippen LogP contribution in [0.2, 0.25) is 0 Å². The molecule has 0 N–H and O–H groups in total. The van der Waals surface area contributed by atoms with Crippen molar-refractivity contribution in [2.45, 2.75) is 34.5 Å². The second kappa shape index (κ2) is 29.3. The van der Waals surface area contributed by atoms with Gasteiger partial charge in [0, 0.05) is 116 Å². The third-order valence-electron chi connectivity index (χ3n) is 25.7. The number of para-hydroxylation sites is 9. The molecule has 27 rings (SSSR count). The molecule has 3 aliphatic heterocycles. The molecule has 24 aromatic rings. The van der Waals surface area contributed by atoms with E-state index in [1.165, 1.54) is 215 Å². The van der Waals surface area contributed by atoms with Gasteiger partial charge in [0.1, 0.15) is 33.5 Å². The van der Waals surface area contributed by atoms with Crippen LogP contribution >= 0.6 is 35.3 Å². The van der Waals surface area contributed by atoms with Crippen molar-refractivity contribution in [3.8, 4) is 83.8 Å². The van der Waals surface area contributed by atoms with Crippen LogP contribution in [0.25, 0.3) is 215 Å². The first-order valence-corrected chi connectivity index (χ1v) is 45.6. The molecule has 582 valence electrons. The van der Waals surface area contributed by atoms with Crippen LogP contribution in [-0.4, -0.2) is 13.7 Å². The Morgan fingerprint density at radius 2 is 0.472 bits per heavy atom. The highest BCUT2D eigenvalue weighted by Gasteiger charge is 2.25. The Morgan fingerprint density at radius 3 is 0.919 bits per heavy atom. The number of rotatable bonds is 6. The number of furan rings is 3. The minimum Gasteiger partial charge on any atom is -0.456 e. The lowest BCUT2D eigenvalue weighted by Gasteiger charge is -2.15. The molecule has 0 radical (unpaired) electrons. The summed E-state index contributed by atoms with van der Waals surface area (Å²) >= 11 is 5.99. The number of hydrogen-bond donors (Lipinski definition) is 0. The van der Waals surface area contributed by atoms with Crippen LogP contribution < -0.4 is 0 Å². The summed E-state index contributed by atoms with van der Waals surface area (Å²) in [4.78, 5) is 0. The monoisotopic (exact) mass is 1630 g/mol. The number of fused-ring (bicyclic) bond motifs is 27. The predicted molar refractivity (Wildman–Crippen MR) is 522 cm³/mol. The summed E-state index contributed by atoms with van der Waals surface area (Å²) in [5.74, 6) is 6.02. The Labute approximate surface area is 721 Å². The minimum absolute atomic E-state index is 0.934. The maximum absolute atomic E-state index is 6.21. The summed E-state index contributed by atoms with van der Waals surface area (Å²) in [6.07, 6.45) is 0. The molecule has 0 aliphatic carbocycles. The van der Waals surface area contributed by atoms with Gasteiger partial charge < -0.3 is 27.0 Å². The van der Waals surface area contributed by atoms with Gasteiger partial charge >= 0.3 is 0 Å². The van der Waals surface area contributed by atoms with Crippen molar-refractivity contribution in [2.24, 2.45) is 0 Å². The summed E-state index contributed by atoms with van der Waals surface area (Å²) in [7, 11) is 0. The average Bonchev–Trinajstić information content (AvgIpc) is 1.60. The van der Waals surface area contributed by atoms with Gasteiger partial charge in [-0.15, -0.1) is 0 Å². The zero-order valence-corrected chi connectivity index (χ0v) is 69.4. The number of hydrogen-bond acceptors (Lipinski definition) is 6. The van der Waals surface area contributed by atoms with E-state index in [-0.39, 0.29) is 0 Å². The van der Waals surface area contributed by atoms with Crippen molar-refractivity contribution in [2.75, 3.05) is 0 Å². The largest absolute Gasteiger partial charge is 0.456 e. The van der Waals surface area contributed by atoms with Crippen LogP contribution in [0.15, 0.2) is 395 Å². The van der Waals surface area contributed by atoms with E-state index in [4.69, 9.17) is 13.3 Å². The first kappa shape index (κ1) is 71.7. The Kier molecular flexibility index (Phi) is 17.1. The highest BCUT2D eigenvalue weighted by atomic mass is 32.2. The van der Waals surface area contributed by atoms with Gasteiger partial charge in [-0.25, -0.2) is 0 Å². The number of thioether (sulfide) groups is 3. The van der Waals surface area contributed by atoms with Crippen LogP contribution in [0.5, 0.6) is 0 Å². The molecule has 6 nitrogen and oxygen atoms in total. The molecule has 9 heteroatoms. The molecule has 18 aromatic carbocycles. The summed E-state index contributed by atoms with van der Waals surface area (Å²) < 4.78 is 25.8. The van der Waals surface area contributed by atoms with Crippen LogP contribution in [-0.2, 0) is 34.5 Å². The fourth-order valence-electron chi connectivity index (χ4n) is 19.9. The smallest absolute Gasteiger partial charge is 0.136 e. The quantitative estimate of drug-likeness (QED) is 0.165. The molecule has 0 amide bonds. The fraction of sp³-hybridized carbons (Fsp3) is 0.0526. The zero-order chi connectivity index (χ0) is 80.7. The van der Waals surface area contributed by atoms with Gasteiger partial charge in [-0.05, 0) is 240 Å². The highest BCUT2D eigenvalue weighted by Crippen LogP contribution is 2.48. The third kappa shape index (κ3) is 12.0. The van der Waals surface area contributed by atoms with E-state index in [1.807, 2.05) is 65.6 Å². The van der Waals surface area contributed by atoms with E-state index in [2.05, 4.69) is 366 Å². The fourth-order valence-corrected chi connectivity index (χ4v) is 23.0. The third-order valence-corrected chi connectivity index (χ3v) is 28.8. The zero-order valence-electron chi connectivity index (χ0n) is 66.9. The van der Waals surface area contributed by atoms with Gasteiger partial charge in [0.05, 0.1) is 33.1 Å². The van der Waals surface area contributed by atoms with Gasteiger partial charge in [0.15, 0.2) is 0 Å². The van der Waals surface area contributed by atoms with Gasteiger partial charge in [0.25, 0.3) is 0 Å². The van der Waals surface area contributed by atoms with Crippen molar-refractivity contribution in [1.82, 2.24) is 13.7 Å². The van der Waals surface area contributed by atoms with E-state index in [0.29, 0.717) is 0 Å². The Bertz CT molecular complexity index is 8310. The SMILES string of the molecule is c1ccc2c(c1)oc1cc(-c3ccc4c(c3)-c3ccc(-n5c6ccccc6c6ccccc65)cc3CSC4)ccc12.c1ccc2c(c1)oc1ccc(-c3ccc4c(c3)-c3ccc(-n5c6ccccc6c6ccccc65)cc3CSC4)cc12.c1ccc2c(c1)oc1cccc(-c3ccc4c(c3)-c3ccc(-n5c6ccccc6c6ccccc65)cc3CSC4)c12. The Hall–Kier alpha value is -14.2. The molecule has 0 unspecified atom stereocenters. The lowest BCUT2D eigenvalue weighted by Crippen LogP contribution is -1.97. The molecule has 0 saturated carbocycles. The molecule has 0 atom stereocenters. The molecule has 0 fully saturated rings. The first-order chi connectivity index (χ1) is 61.0. The molecule has 123 heavy (non-hydrogen) atoms. The molecule has 0 saturated heterocycles. The topological polar surface area (TPSA) is 54.2 Å². The average molecular weight is 1630 g/mol. The standard InChI is InChI=1S/3C38H25NOS/c1-4-12-34-30(8-1)31-9-2-5-13-35(31)39(34)27-18-19-28-26(20-27)23-41-22-25-17-16-24(21-33(25)28)29-11-7-15-37-38(29)32-10-3-6-14-36(32)40-37;1-4-10-35-30(7-1)31-8-2-5-11-36(31)39(35)28-16-17-29-27(19-28)23-41-22-26-14-13-24(20-33(26)29)25-15-18-38-34(21-25)32-9-3-6-12-37(32)40-38;1-4-10-35-30(7-1)31-8-2-5-11-36(31)39(35)28-16-18-29-27(19-28)23-41-22-26-14-13-24(20-34(26)29)25-15-17-33-32-9-3-6-12-37(32)40-38(33)21-25/h3*1-21H,22-23H2. The van der Waals surface area contributed by atoms with Crippen molar-refractivity contribution in [3.05, 3.63) is 416 Å². The normalized spacial score (nSPS) is 13.1. The van der Waals surface area contributed by atoms with Crippen LogP contribution in [0.3, 0.4) is 0 Å². The molecule has 0 spiro atoms. The van der Waals surface area contributed by atoms with Crippen molar-refractivity contribution in [1.29, 1.82) is 0 Å². The Morgan fingerprint density at radius 1 is 0.171 bits per heavy atom. The Balaban J connectivity index is 0.000000101. The van der Waals surface area contributed by atoms with Gasteiger partial charge in [-0.2, -0.15) is 35.3 Å². The minimum atomic E-state index is 0.934. The molecule has 0 bridgehead atoms. The molecular formula is C114H75N3O3S3. The molecule has 3 aliphatic rings. The second-order valence-corrected chi connectivity index (χ2v) is 35.6. The van der Waals surface area contributed by atoms with Crippen LogP contribution in [0, 0.1) is 0 Å². The predicted octanol–water partition coefficient (Wildman–Crippen LogP) is 32.3. The first-order valence-electron chi connectivity index (χ1n) is 42.2. The van der Waals surface area contributed by atoms with Crippen molar-refractivity contribution >= 4 is 167 Å². The van der Waals surface area contributed by atoms with Crippen LogP contribution in [0.1, 0.15) is 33.4 Å². The molecule has 9 heterocycles. The maximum Gasteiger partial charge on any atom is 0.136 e. The number of aromatic nitrogens is 3. The summed E-state index contributed by atoms with van der Waals surface area (Å²) in [6, 6.07) is 139. The maximum atomic E-state index is 6.21. The molecule has 6 aromatic heterocycles. The van der Waals surface area contributed by atoms with Gasteiger partial charge in [0.2, 0.25) is 0 Å². The van der Waals surface area contributed by atoms with E-state index >= 15 is 0 Å². The lowest BCUT2D eigenvalue weighted by molar-refractivity contribution is 0.668.